The summed E-state index contributed by atoms with van der Waals surface area (Å²) in [7, 11) is 1.90. The molecular weight excluding hydrogens is 164 g/mol. The Labute approximate surface area is 79.1 Å². The van der Waals surface area contributed by atoms with Gasteiger partial charge in [0.1, 0.15) is 5.82 Å². The molecule has 0 saturated heterocycles. The lowest BCUT2D eigenvalue weighted by Gasteiger charge is -2.15. The van der Waals surface area contributed by atoms with Crippen LogP contribution in [0.1, 0.15) is 13.8 Å². The van der Waals surface area contributed by atoms with E-state index in [1.54, 1.807) is 4.68 Å². The lowest BCUT2D eigenvalue weighted by Crippen LogP contribution is -2.34. The van der Waals surface area contributed by atoms with E-state index >= 15 is 0 Å². The first-order valence-electron chi connectivity index (χ1n) is 4.58. The van der Waals surface area contributed by atoms with Crippen LogP contribution in [-0.4, -0.2) is 22.4 Å². The zero-order valence-electron chi connectivity index (χ0n) is 8.49. The van der Waals surface area contributed by atoms with Gasteiger partial charge in [0.25, 0.3) is 0 Å². The van der Waals surface area contributed by atoms with E-state index in [1.807, 2.05) is 19.3 Å². The van der Waals surface area contributed by atoms with Gasteiger partial charge in [-0.25, -0.2) is 0 Å². The quantitative estimate of drug-likeness (QED) is 0.724. The molecule has 0 aliphatic heterocycles. The van der Waals surface area contributed by atoms with E-state index in [0.717, 1.165) is 12.4 Å². The van der Waals surface area contributed by atoms with E-state index in [-0.39, 0.29) is 6.04 Å². The second-order valence-electron chi connectivity index (χ2n) is 3.66. The predicted octanol–water partition coefficient (Wildman–Crippen LogP) is 0.815. The number of hydrogen-bond acceptors (Lipinski definition) is 3. The van der Waals surface area contributed by atoms with Gasteiger partial charge in [0.2, 0.25) is 0 Å². The lowest BCUT2D eigenvalue weighted by atomic mass is 10.1. The number of rotatable bonds is 4. The van der Waals surface area contributed by atoms with Crippen LogP contribution in [0.4, 0.5) is 5.82 Å². The SMILES string of the molecule is CC(C)[C@@H](N)CNc1ccn(C)n1. The Bertz CT molecular complexity index is 254. The molecule has 0 aromatic carbocycles. The molecule has 0 fully saturated rings. The van der Waals surface area contributed by atoms with Crippen LogP contribution in [0.15, 0.2) is 12.3 Å². The van der Waals surface area contributed by atoms with E-state index < -0.39 is 0 Å². The Morgan fingerprint density at radius 1 is 1.62 bits per heavy atom. The van der Waals surface area contributed by atoms with Crippen LogP contribution in [-0.2, 0) is 7.05 Å². The number of aryl methyl sites for hydroxylation is 1. The number of aromatic nitrogens is 2. The van der Waals surface area contributed by atoms with Crippen molar-refractivity contribution in [3.63, 3.8) is 0 Å². The van der Waals surface area contributed by atoms with Gasteiger partial charge in [0.15, 0.2) is 0 Å². The van der Waals surface area contributed by atoms with Crippen molar-refractivity contribution in [3.8, 4) is 0 Å². The van der Waals surface area contributed by atoms with Crippen molar-refractivity contribution in [1.29, 1.82) is 0 Å². The monoisotopic (exact) mass is 182 g/mol. The molecule has 1 aromatic heterocycles. The minimum atomic E-state index is 0.182. The Morgan fingerprint density at radius 3 is 2.77 bits per heavy atom. The van der Waals surface area contributed by atoms with Crippen molar-refractivity contribution in [2.45, 2.75) is 19.9 Å². The van der Waals surface area contributed by atoms with Crippen LogP contribution in [0.2, 0.25) is 0 Å². The number of nitrogens with two attached hydrogens (primary N) is 1. The Balaban J connectivity index is 2.35. The highest BCUT2D eigenvalue weighted by Crippen LogP contribution is 2.03. The predicted molar refractivity (Wildman–Crippen MR) is 54.5 cm³/mol. The number of nitrogens with one attached hydrogen (secondary N) is 1. The summed E-state index contributed by atoms with van der Waals surface area (Å²) in [6.45, 7) is 5.00. The van der Waals surface area contributed by atoms with E-state index in [1.165, 1.54) is 0 Å². The Morgan fingerprint density at radius 2 is 2.31 bits per heavy atom. The van der Waals surface area contributed by atoms with Crippen LogP contribution < -0.4 is 11.1 Å². The summed E-state index contributed by atoms with van der Waals surface area (Å²) in [5.41, 5.74) is 5.87. The van der Waals surface area contributed by atoms with Gasteiger partial charge in [-0.05, 0) is 5.92 Å². The van der Waals surface area contributed by atoms with Gasteiger partial charge in [0.05, 0.1) is 0 Å². The molecule has 0 saturated carbocycles. The molecule has 0 unspecified atom stereocenters. The fraction of sp³-hybridized carbons (Fsp3) is 0.667. The van der Waals surface area contributed by atoms with Gasteiger partial charge in [0, 0.05) is 31.9 Å². The number of hydrogen-bond donors (Lipinski definition) is 2. The van der Waals surface area contributed by atoms with Crippen LogP contribution >= 0.6 is 0 Å². The van der Waals surface area contributed by atoms with Gasteiger partial charge < -0.3 is 11.1 Å². The van der Waals surface area contributed by atoms with Crippen molar-refractivity contribution in [2.75, 3.05) is 11.9 Å². The molecule has 3 N–H and O–H groups in total. The summed E-state index contributed by atoms with van der Waals surface area (Å²) in [4.78, 5) is 0. The second-order valence-corrected chi connectivity index (χ2v) is 3.66. The minimum absolute atomic E-state index is 0.182. The normalized spacial score (nSPS) is 13.3. The van der Waals surface area contributed by atoms with Gasteiger partial charge in [-0.1, -0.05) is 13.8 Å². The second kappa shape index (κ2) is 4.28. The van der Waals surface area contributed by atoms with Crippen LogP contribution in [0.25, 0.3) is 0 Å². The molecule has 0 aliphatic rings. The first kappa shape index (κ1) is 10.1. The molecule has 0 amide bonds. The highest BCUT2D eigenvalue weighted by Gasteiger charge is 2.07. The van der Waals surface area contributed by atoms with Gasteiger partial charge in [-0.3, -0.25) is 4.68 Å². The van der Waals surface area contributed by atoms with E-state index in [0.29, 0.717) is 5.92 Å². The third kappa shape index (κ3) is 3.06. The lowest BCUT2D eigenvalue weighted by molar-refractivity contribution is 0.511. The Hall–Kier alpha value is -1.03. The summed E-state index contributed by atoms with van der Waals surface area (Å²) in [5.74, 6) is 1.38. The summed E-state index contributed by atoms with van der Waals surface area (Å²) >= 11 is 0. The summed E-state index contributed by atoms with van der Waals surface area (Å²) in [5, 5.41) is 7.38. The molecule has 1 heterocycles. The van der Waals surface area contributed by atoms with Crippen molar-refractivity contribution >= 4 is 5.82 Å². The van der Waals surface area contributed by atoms with E-state index in [4.69, 9.17) is 5.73 Å². The molecule has 1 atom stereocenters. The zero-order chi connectivity index (χ0) is 9.84. The van der Waals surface area contributed by atoms with Crippen LogP contribution in [0.5, 0.6) is 0 Å². The van der Waals surface area contributed by atoms with Crippen molar-refractivity contribution in [2.24, 2.45) is 18.7 Å². The largest absolute Gasteiger partial charge is 0.367 e. The maximum atomic E-state index is 5.87. The smallest absolute Gasteiger partial charge is 0.148 e. The molecule has 0 spiro atoms. The maximum absolute atomic E-state index is 5.87. The number of anilines is 1. The summed E-state index contributed by atoms with van der Waals surface area (Å²) in [6, 6.07) is 2.12. The highest BCUT2D eigenvalue weighted by atomic mass is 15.3. The molecule has 0 bridgehead atoms. The molecule has 0 radical (unpaired) electrons. The first-order valence-corrected chi connectivity index (χ1v) is 4.58. The molecule has 1 aromatic rings. The molecule has 74 valence electrons. The molecule has 1 rings (SSSR count). The van der Waals surface area contributed by atoms with Crippen molar-refractivity contribution in [1.82, 2.24) is 9.78 Å². The van der Waals surface area contributed by atoms with Crippen LogP contribution in [0, 0.1) is 5.92 Å². The fourth-order valence-corrected chi connectivity index (χ4v) is 0.967. The topological polar surface area (TPSA) is 55.9 Å². The van der Waals surface area contributed by atoms with Gasteiger partial charge in [-0.15, -0.1) is 0 Å². The van der Waals surface area contributed by atoms with E-state index in [2.05, 4.69) is 24.3 Å². The highest BCUT2D eigenvalue weighted by molar-refractivity contribution is 5.32. The molecule has 13 heavy (non-hydrogen) atoms. The Kier molecular flexibility index (Phi) is 3.31. The van der Waals surface area contributed by atoms with E-state index in [9.17, 15) is 0 Å². The van der Waals surface area contributed by atoms with Crippen molar-refractivity contribution < 1.29 is 0 Å². The van der Waals surface area contributed by atoms with Crippen LogP contribution in [0.3, 0.4) is 0 Å². The molecule has 4 nitrogen and oxygen atoms in total. The standard InChI is InChI=1S/C9H18N4/c1-7(2)8(10)6-11-9-4-5-13(3)12-9/h4-5,7-8H,6,10H2,1-3H3,(H,11,12)/t8-/m0/s1. The van der Waals surface area contributed by atoms with Crippen molar-refractivity contribution in [3.05, 3.63) is 12.3 Å². The number of nitrogens with zero attached hydrogens (tertiary/aromatic N) is 2. The molecule has 0 aliphatic carbocycles. The average Bonchev–Trinajstić information content (AvgIpc) is 2.47. The van der Waals surface area contributed by atoms with Gasteiger partial charge >= 0.3 is 0 Å². The minimum Gasteiger partial charge on any atom is -0.367 e. The third-order valence-corrected chi connectivity index (χ3v) is 2.09. The fourth-order valence-electron chi connectivity index (χ4n) is 0.967. The maximum Gasteiger partial charge on any atom is 0.148 e. The van der Waals surface area contributed by atoms with Gasteiger partial charge in [-0.2, -0.15) is 5.10 Å². The first-order chi connectivity index (χ1) is 6.09. The molecular formula is C9H18N4. The summed E-state index contributed by atoms with van der Waals surface area (Å²) in [6.07, 6.45) is 1.91. The zero-order valence-corrected chi connectivity index (χ0v) is 8.49. The third-order valence-electron chi connectivity index (χ3n) is 2.09. The average molecular weight is 182 g/mol. The molecule has 4 heteroatoms. The summed E-state index contributed by atoms with van der Waals surface area (Å²) < 4.78 is 1.77.